The van der Waals surface area contributed by atoms with Gasteiger partial charge in [0.2, 0.25) is 0 Å². The number of benzene rings is 1. The maximum Gasteiger partial charge on any atom is 0.290 e. The Morgan fingerprint density at radius 2 is 2.17 bits per heavy atom. The van der Waals surface area contributed by atoms with E-state index < -0.39 is 4.92 Å². The quantitative estimate of drug-likeness (QED) is 0.604. The molecule has 1 saturated carbocycles. The van der Waals surface area contributed by atoms with Crippen LogP contribution in [0.4, 0.5) is 5.69 Å². The lowest BCUT2D eigenvalue weighted by molar-refractivity contribution is -0.385. The van der Waals surface area contributed by atoms with Gasteiger partial charge in [0, 0.05) is 0 Å². The molecular formula is C13H14N2O3. The van der Waals surface area contributed by atoms with Gasteiger partial charge in [0.15, 0.2) is 0 Å². The Kier molecular flexibility index (Phi) is 3.78. The van der Waals surface area contributed by atoms with E-state index in [0.29, 0.717) is 18.3 Å². The van der Waals surface area contributed by atoms with Gasteiger partial charge in [0.25, 0.3) is 5.69 Å². The summed E-state index contributed by atoms with van der Waals surface area (Å²) < 4.78 is 5.57. The molecule has 2 rings (SSSR count). The van der Waals surface area contributed by atoms with Gasteiger partial charge in [0.05, 0.1) is 17.6 Å². The fourth-order valence-corrected chi connectivity index (χ4v) is 2.24. The summed E-state index contributed by atoms with van der Waals surface area (Å²) in [6.45, 7) is 0.600. The molecule has 0 aliphatic heterocycles. The Labute approximate surface area is 105 Å². The van der Waals surface area contributed by atoms with Crippen molar-refractivity contribution in [2.45, 2.75) is 25.7 Å². The van der Waals surface area contributed by atoms with E-state index in [1.165, 1.54) is 37.8 Å². The molecule has 1 fully saturated rings. The zero-order valence-corrected chi connectivity index (χ0v) is 9.96. The van der Waals surface area contributed by atoms with Crippen LogP contribution in [-0.2, 0) is 0 Å². The molecule has 0 heterocycles. The van der Waals surface area contributed by atoms with Crippen LogP contribution in [0.5, 0.6) is 5.75 Å². The van der Waals surface area contributed by atoms with Gasteiger partial charge in [0.1, 0.15) is 17.4 Å². The van der Waals surface area contributed by atoms with Crippen molar-refractivity contribution in [3.8, 4) is 11.8 Å². The van der Waals surface area contributed by atoms with Crippen molar-refractivity contribution in [2.24, 2.45) is 5.92 Å². The largest absolute Gasteiger partial charge is 0.493 e. The van der Waals surface area contributed by atoms with Gasteiger partial charge in [-0.3, -0.25) is 10.1 Å². The fourth-order valence-electron chi connectivity index (χ4n) is 2.24. The van der Waals surface area contributed by atoms with Crippen LogP contribution in [0.1, 0.15) is 31.2 Å². The Bertz CT molecular complexity index is 487. The molecule has 94 valence electrons. The molecule has 0 aromatic heterocycles. The van der Waals surface area contributed by atoms with Crippen molar-refractivity contribution in [3.63, 3.8) is 0 Å². The summed E-state index contributed by atoms with van der Waals surface area (Å²) in [4.78, 5) is 10.2. The van der Waals surface area contributed by atoms with Gasteiger partial charge >= 0.3 is 0 Å². The number of hydrogen-bond acceptors (Lipinski definition) is 4. The van der Waals surface area contributed by atoms with Crippen LogP contribution in [0.15, 0.2) is 18.2 Å². The predicted octanol–water partition coefficient (Wildman–Crippen LogP) is 3.04. The number of nitro benzene ring substituents is 1. The standard InChI is InChI=1S/C13H14N2O3/c14-8-11-5-6-12(7-13(11)15(16)17)18-9-10-3-1-2-4-10/h5-7,10H,1-4,9H2. The Morgan fingerprint density at radius 1 is 1.44 bits per heavy atom. The first-order chi connectivity index (χ1) is 8.70. The highest BCUT2D eigenvalue weighted by Gasteiger charge is 2.18. The van der Waals surface area contributed by atoms with Crippen LogP contribution < -0.4 is 4.74 Å². The Morgan fingerprint density at radius 3 is 2.78 bits per heavy atom. The third-order valence-corrected chi connectivity index (χ3v) is 3.25. The summed E-state index contributed by atoms with van der Waals surface area (Å²) in [5.41, 5.74) is -0.130. The first-order valence-corrected chi connectivity index (χ1v) is 6.02. The lowest BCUT2D eigenvalue weighted by atomic mass is 10.1. The normalized spacial score (nSPS) is 15.3. The first kappa shape index (κ1) is 12.4. The van der Waals surface area contributed by atoms with Crippen LogP contribution in [0, 0.1) is 27.4 Å². The third-order valence-electron chi connectivity index (χ3n) is 3.25. The number of nitro groups is 1. The highest BCUT2D eigenvalue weighted by molar-refractivity contribution is 5.52. The molecule has 1 aromatic carbocycles. The lowest BCUT2D eigenvalue weighted by Crippen LogP contribution is -2.08. The Hall–Kier alpha value is -2.09. The van der Waals surface area contributed by atoms with Gasteiger partial charge in [-0.05, 0) is 30.9 Å². The summed E-state index contributed by atoms with van der Waals surface area (Å²) in [6, 6.07) is 6.18. The van der Waals surface area contributed by atoms with E-state index in [2.05, 4.69) is 0 Å². The summed E-state index contributed by atoms with van der Waals surface area (Å²) in [7, 11) is 0. The van der Waals surface area contributed by atoms with Gasteiger partial charge in [-0.2, -0.15) is 5.26 Å². The first-order valence-electron chi connectivity index (χ1n) is 6.02. The molecule has 1 aliphatic carbocycles. The molecule has 0 atom stereocenters. The van der Waals surface area contributed by atoms with Crippen molar-refractivity contribution in [2.75, 3.05) is 6.61 Å². The maximum atomic E-state index is 10.8. The van der Waals surface area contributed by atoms with Gasteiger partial charge < -0.3 is 4.74 Å². The van der Waals surface area contributed by atoms with Crippen LogP contribution in [0.3, 0.4) is 0 Å². The molecule has 0 saturated heterocycles. The number of hydrogen-bond donors (Lipinski definition) is 0. The second-order valence-electron chi connectivity index (χ2n) is 4.51. The van der Waals surface area contributed by atoms with Gasteiger partial charge in [-0.1, -0.05) is 12.8 Å². The molecule has 0 unspecified atom stereocenters. The average molecular weight is 246 g/mol. The zero-order valence-electron chi connectivity index (χ0n) is 9.96. The van der Waals surface area contributed by atoms with Gasteiger partial charge in [-0.25, -0.2) is 0 Å². The van der Waals surface area contributed by atoms with E-state index in [-0.39, 0.29) is 11.3 Å². The molecule has 1 aliphatic rings. The average Bonchev–Trinajstić information content (AvgIpc) is 2.89. The van der Waals surface area contributed by atoms with E-state index in [0.717, 1.165) is 0 Å². The minimum absolute atomic E-state index is 0.0632. The highest BCUT2D eigenvalue weighted by atomic mass is 16.6. The molecule has 18 heavy (non-hydrogen) atoms. The predicted molar refractivity (Wildman–Crippen MR) is 65.3 cm³/mol. The molecule has 1 aromatic rings. The minimum atomic E-state index is -0.555. The molecule has 0 N–H and O–H groups in total. The Balaban J connectivity index is 2.07. The summed E-state index contributed by atoms with van der Waals surface area (Å²) in [5, 5.41) is 19.6. The molecule has 5 nitrogen and oxygen atoms in total. The van der Waals surface area contributed by atoms with Crippen LogP contribution in [0.2, 0.25) is 0 Å². The van der Waals surface area contributed by atoms with E-state index >= 15 is 0 Å². The zero-order chi connectivity index (χ0) is 13.0. The monoisotopic (exact) mass is 246 g/mol. The molecule has 0 radical (unpaired) electrons. The maximum absolute atomic E-state index is 10.8. The SMILES string of the molecule is N#Cc1ccc(OCC2CCCC2)cc1[N+](=O)[O-]. The highest BCUT2D eigenvalue weighted by Crippen LogP contribution is 2.28. The molecule has 0 amide bonds. The van der Waals surface area contributed by atoms with E-state index in [9.17, 15) is 10.1 Å². The number of rotatable bonds is 4. The van der Waals surface area contributed by atoms with Crippen molar-refractivity contribution in [1.82, 2.24) is 0 Å². The summed E-state index contributed by atoms with van der Waals surface area (Å²) in [5.74, 6) is 1.02. The summed E-state index contributed by atoms with van der Waals surface area (Å²) >= 11 is 0. The van der Waals surface area contributed by atoms with Crippen molar-refractivity contribution in [1.29, 1.82) is 5.26 Å². The van der Waals surface area contributed by atoms with Crippen molar-refractivity contribution in [3.05, 3.63) is 33.9 Å². The number of ether oxygens (including phenoxy) is 1. The fraction of sp³-hybridized carbons (Fsp3) is 0.462. The van der Waals surface area contributed by atoms with Crippen LogP contribution in [0.25, 0.3) is 0 Å². The molecule has 0 spiro atoms. The van der Waals surface area contributed by atoms with E-state index in [1.54, 1.807) is 12.1 Å². The van der Waals surface area contributed by atoms with Crippen LogP contribution >= 0.6 is 0 Å². The minimum Gasteiger partial charge on any atom is -0.493 e. The number of nitriles is 1. The van der Waals surface area contributed by atoms with Crippen molar-refractivity contribution < 1.29 is 9.66 Å². The topological polar surface area (TPSA) is 76.2 Å². The second kappa shape index (κ2) is 5.50. The van der Waals surface area contributed by atoms with Crippen molar-refractivity contribution >= 4 is 5.69 Å². The molecular weight excluding hydrogens is 232 g/mol. The lowest BCUT2D eigenvalue weighted by Gasteiger charge is -2.11. The van der Waals surface area contributed by atoms with E-state index in [4.69, 9.17) is 10.00 Å². The van der Waals surface area contributed by atoms with Crippen LogP contribution in [-0.4, -0.2) is 11.5 Å². The van der Waals surface area contributed by atoms with E-state index in [1.807, 2.05) is 0 Å². The number of nitrogens with zero attached hydrogens (tertiary/aromatic N) is 2. The smallest absolute Gasteiger partial charge is 0.290 e. The third kappa shape index (κ3) is 2.77. The molecule has 5 heteroatoms. The van der Waals surface area contributed by atoms with Gasteiger partial charge in [-0.15, -0.1) is 0 Å². The summed E-state index contributed by atoms with van der Waals surface area (Å²) in [6.07, 6.45) is 4.81. The molecule has 0 bridgehead atoms. The second-order valence-corrected chi connectivity index (χ2v) is 4.51.